The Hall–Kier alpha value is -0.650. The second kappa shape index (κ2) is 9.89. The molecular formula is C10H20O5. The fourth-order valence-corrected chi connectivity index (χ4v) is 0.895. The maximum absolute atomic E-state index is 10.9. The number of rotatable bonds is 9. The summed E-state index contributed by atoms with van der Waals surface area (Å²) in [5.74, 6) is -0.187. The van der Waals surface area contributed by atoms with Crippen LogP contribution in [0.25, 0.3) is 0 Å². The average Bonchev–Trinajstić information content (AvgIpc) is 2.23. The summed E-state index contributed by atoms with van der Waals surface area (Å²) in [4.78, 5) is 10.9. The van der Waals surface area contributed by atoms with Crippen molar-refractivity contribution in [3.05, 3.63) is 0 Å². The van der Waals surface area contributed by atoms with E-state index in [0.717, 1.165) is 6.42 Å². The van der Waals surface area contributed by atoms with Gasteiger partial charge in [-0.1, -0.05) is 6.92 Å². The number of carbonyl (C=O) groups is 1. The molecule has 0 spiro atoms. The largest absolute Gasteiger partial charge is 0.466 e. The first-order valence-corrected chi connectivity index (χ1v) is 5.23. The van der Waals surface area contributed by atoms with E-state index in [2.05, 4.69) is 0 Å². The van der Waals surface area contributed by atoms with Crippen LogP contribution < -0.4 is 0 Å². The molecule has 2 N–H and O–H groups in total. The SMILES string of the molecule is CCCC(=O)OCCCOCC(O)CO. The molecule has 5 nitrogen and oxygen atoms in total. The Kier molecular flexibility index (Phi) is 9.46. The molecule has 0 aromatic rings. The first-order valence-electron chi connectivity index (χ1n) is 5.23. The van der Waals surface area contributed by atoms with E-state index in [9.17, 15) is 4.79 Å². The summed E-state index contributed by atoms with van der Waals surface area (Å²) in [6.07, 6.45) is 1.02. The topological polar surface area (TPSA) is 76.0 Å². The number of aliphatic hydroxyl groups excluding tert-OH is 2. The highest BCUT2D eigenvalue weighted by Gasteiger charge is 2.02. The summed E-state index contributed by atoms with van der Waals surface area (Å²) in [6.45, 7) is 2.48. The van der Waals surface area contributed by atoms with Crippen LogP contribution in [0.1, 0.15) is 26.2 Å². The van der Waals surface area contributed by atoms with Gasteiger partial charge in [0.25, 0.3) is 0 Å². The Morgan fingerprint density at radius 1 is 1.40 bits per heavy atom. The summed E-state index contributed by atoms with van der Waals surface area (Å²) < 4.78 is 9.91. The number of hydrogen-bond donors (Lipinski definition) is 2. The van der Waals surface area contributed by atoms with Crippen molar-refractivity contribution in [2.75, 3.05) is 26.4 Å². The average molecular weight is 220 g/mol. The van der Waals surface area contributed by atoms with Gasteiger partial charge in [-0.15, -0.1) is 0 Å². The number of esters is 1. The molecule has 0 aliphatic rings. The maximum atomic E-state index is 10.9. The van der Waals surface area contributed by atoms with Gasteiger partial charge in [0.1, 0.15) is 6.10 Å². The molecule has 0 aliphatic carbocycles. The lowest BCUT2D eigenvalue weighted by atomic mass is 10.3. The summed E-state index contributed by atoms with van der Waals surface area (Å²) >= 11 is 0. The minimum absolute atomic E-state index is 0.111. The predicted octanol–water partition coefficient (Wildman–Crippen LogP) is 0.0896. The Morgan fingerprint density at radius 2 is 2.13 bits per heavy atom. The monoisotopic (exact) mass is 220 g/mol. The van der Waals surface area contributed by atoms with Crippen molar-refractivity contribution in [1.82, 2.24) is 0 Å². The fraction of sp³-hybridized carbons (Fsp3) is 0.900. The first-order chi connectivity index (χ1) is 7.20. The van der Waals surface area contributed by atoms with Gasteiger partial charge in [-0.25, -0.2) is 0 Å². The second-order valence-corrected chi connectivity index (χ2v) is 3.24. The van der Waals surface area contributed by atoms with Crippen LogP contribution >= 0.6 is 0 Å². The Labute approximate surface area is 90.0 Å². The van der Waals surface area contributed by atoms with Gasteiger partial charge in [-0.2, -0.15) is 0 Å². The lowest BCUT2D eigenvalue weighted by Crippen LogP contribution is -2.20. The van der Waals surface area contributed by atoms with E-state index in [1.807, 2.05) is 6.92 Å². The molecule has 0 fully saturated rings. The van der Waals surface area contributed by atoms with Crippen LogP contribution in [0.4, 0.5) is 0 Å². The van der Waals surface area contributed by atoms with Gasteiger partial charge in [0, 0.05) is 19.4 Å². The lowest BCUT2D eigenvalue weighted by molar-refractivity contribution is -0.144. The van der Waals surface area contributed by atoms with E-state index in [4.69, 9.17) is 19.7 Å². The van der Waals surface area contributed by atoms with Gasteiger partial charge in [-0.05, 0) is 6.42 Å². The number of carbonyl (C=O) groups excluding carboxylic acids is 1. The summed E-state index contributed by atoms with van der Waals surface area (Å²) in [5, 5.41) is 17.4. The van der Waals surface area contributed by atoms with Gasteiger partial charge in [0.05, 0.1) is 19.8 Å². The van der Waals surface area contributed by atoms with Gasteiger partial charge in [-0.3, -0.25) is 4.79 Å². The normalized spacial score (nSPS) is 12.5. The Bertz CT molecular complexity index is 160. The van der Waals surface area contributed by atoms with Crippen LogP contribution in [0.5, 0.6) is 0 Å². The molecule has 0 rings (SSSR count). The van der Waals surface area contributed by atoms with Crippen molar-refractivity contribution in [2.45, 2.75) is 32.3 Å². The number of hydrogen-bond acceptors (Lipinski definition) is 5. The molecular weight excluding hydrogens is 200 g/mol. The molecule has 1 atom stereocenters. The molecule has 0 aliphatic heterocycles. The van der Waals surface area contributed by atoms with Crippen molar-refractivity contribution in [3.63, 3.8) is 0 Å². The smallest absolute Gasteiger partial charge is 0.305 e. The third-order valence-corrected chi connectivity index (χ3v) is 1.67. The third kappa shape index (κ3) is 9.65. The molecule has 0 radical (unpaired) electrons. The van der Waals surface area contributed by atoms with Gasteiger partial charge < -0.3 is 19.7 Å². The zero-order valence-electron chi connectivity index (χ0n) is 9.15. The van der Waals surface area contributed by atoms with E-state index in [-0.39, 0.29) is 19.2 Å². The zero-order chi connectivity index (χ0) is 11.5. The molecule has 0 aromatic heterocycles. The van der Waals surface area contributed by atoms with Crippen LogP contribution in [-0.2, 0) is 14.3 Å². The summed E-state index contributed by atoms with van der Waals surface area (Å²) in [6, 6.07) is 0. The molecule has 90 valence electrons. The molecule has 15 heavy (non-hydrogen) atoms. The molecule has 0 saturated carbocycles. The summed E-state index contributed by atoms with van der Waals surface area (Å²) in [5.41, 5.74) is 0. The number of ether oxygens (including phenoxy) is 2. The van der Waals surface area contributed by atoms with Gasteiger partial charge in [0.15, 0.2) is 0 Å². The molecule has 0 saturated heterocycles. The minimum Gasteiger partial charge on any atom is -0.466 e. The molecule has 0 bridgehead atoms. The highest BCUT2D eigenvalue weighted by molar-refractivity contribution is 5.69. The second-order valence-electron chi connectivity index (χ2n) is 3.24. The van der Waals surface area contributed by atoms with Crippen LogP contribution in [0.15, 0.2) is 0 Å². The molecule has 0 aromatic carbocycles. The summed E-state index contributed by atoms with van der Waals surface area (Å²) in [7, 11) is 0. The Balaban J connectivity index is 3.14. The van der Waals surface area contributed by atoms with Crippen LogP contribution in [0.2, 0.25) is 0 Å². The van der Waals surface area contributed by atoms with Crippen LogP contribution in [-0.4, -0.2) is 48.7 Å². The van der Waals surface area contributed by atoms with Crippen molar-refractivity contribution in [3.8, 4) is 0 Å². The van der Waals surface area contributed by atoms with Crippen LogP contribution in [0.3, 0.4) is 0 Å². The van der Waals surface area contributed by atoms with Crippen molar-refractivity contribution in [2.24, 2.45) is 0 Å². The molecule has 5 heteroatoms. The standard InChI is InChI=1S/C10H20O5/c1-2-4-10(13)15-6-3-5-14-8-9(12)7-11/h9,11-12H,2-8H2,1H3. The minimum atomic E-state index is -0.826. The van der Waals surface area contributed by atoms with Crippen molar-refractivity contribution >= 4 is 5.97 Å². The van der Waals surface area contributed by atoms with E-state index in [1.54, 1.807) is 0 Å². The third-order valence-electron chi connectivity index (χ3n) is 1.67. The highest BCUT2D eigenvalue weighted by atomic mass is 16.5. The highest BCUT2D eigenvalue weighted by Crippen LogP contribution is 1.93. The fourth-order valence-electron chi connectivity index (χ4n) is 0.895. The Morgan fingerprint density at radius 3 is 2.73 bits per heavy atom. The maximum Gasteiger partial charge on any atom is 0.305 e. The van der Waals surface area contributed by atoms with Crippen molar-refractivity contribution in [1.29, 1.82) is 0 Å². The van der Waals surface area contributed by atoms with E-state index >= 15 is 0 Å². The van der Waals surface area contributed by atoms with Crippen molar-refractivity contribution < 1.29 is 24.5 Å². The molecule has 0 amide bonds. The van der Waals surface area contributed by atoms with E-state index in [0.29, 0.717) is 26.1 Å². The van der Waals surface area contributed by atoms with E-state index < -0.39 is 6.10 Å². The first kappa shape index (κ1) is 14.3. The van der Waals surface area contributed by atoms with Gasteiger partial charge in [0.2, 0.25) is 0 Å². The molecule has 0 heterocycles. The predicted molar refractivity (Wildman–Crippen MR) is 54.4 cm³/mol. The van der Waals surface area contributed by atoms with E-state index in [1.165, 1.54) is 0 Å². The number of aliphatic hydroxyl groups is 2. The van der Waals surface area contributed by atoms with Gasteiger partial charge >= 0.3 is 5.97 Å². The van der Waals surface area contributed by atoms with Crippen LogP contribution in [0, 0.1) is 0 Å². The quantitative estimate of drug-likeness (QED) is 0.425. The molecule has 1 unspecified atom stereocenters. The lowest BCUT2D eigenvalue weighted by Gasteiger charge is -2.08. The zero-order valence-corrected chi connectivity index (χ0v) is 9.15.